The van der Waals surface area contributed by atoms with Crippen LogP contribution in [0.3, 0.4) is 0 Å². The Balaban J connectivity index is 1.68. The molecule has 4 atom stereocenters. The second-order valence-corrected chi connectivity index (χ2v) is 8.38. The van der Waals surface area contributed by atoms with Crippen LogP contribution in [0, 0.1) is 23.7 Å². The third-order valence-corrected chi connectivity index (χ3v) is 6.42. The largest absolute Gasteiger partial charge is 0.481 e. The van der Waals surface area contributed by atoms with Crippen molar-refractivity contribution >= 4 is 17.9 Å². The van der Waals surface area contributed by atoms with E-state index in [0.717, 1.165) is 51.4 Å². The molecule has 1 aliphatic heterocycles. The van der Waals surface area contributed by atoms with E-state index in [1.54, 1.807) is 0 Å². The van der Waals surface area contributed by atoms with Crippen molar-refractivity contribution in [3.8, 4) is 0 Å². The van der Waals surface area contributed by atoms with Crippen molar-refractivity contribution < 1.29 is 24.2 Å². The van der Waals surface area contributed by atoms with Gasteiger partial charge in [-0.3, -0.25) is 14.4 Å². The van der Waals surface area contributed by atoms with Gasteiger partial charge in [-0.15, -0.1) is 0 Å². The van der Waals surface area contributed by atoms with E-state index in [1.165, 1.54) is 32.1 Å². The fourth-order valence-corrected chi connectivity index (χ4v) is 4.93. The third-order valence-electron chi connectivity index (χ3n) is 6.42. The van der Waals surface area contributed by atoms with Gasteiger partial charge in [-0.1, -0.05) is 71.1 Å². The number of esters is 2. The van der Waals surface area contributed by atoms with Crippen LogP contribution in [0.5, 0.6) is 0 Å². The smallest absolute Gasteiger partial charge is 0.317 e. The van der Waals surface area contributed by atoms with E-state index in [4.69, 9.17) is 9.84 Å². The van der Waals surface area contributed by atoms with Crippen LogP contribution in [0.25, 0.3) is 0 Å². The summed E-state index contributed by atoms with van der Waals surface area (Å²) in [6.45, 7) is 2.22. The van der Waals surface area contributed by atoms with Crippen molar-refractivity contribution in [1.82, 2.24) is 0 Å². The van der Waals surface area contributed by atoms with Crippen LogP contribution in [0.4, 0.5) is 0 Å². The van der Waals surface area contributed by atoms with Gasteiger partial charge in [-0.2, -0.15) is 0 Å². The number of rotatable bonds is 15. The molecule has 0 radical (unpaired) electrons. The number of hydrogen-bond acceptors (Lipinski definition) is 4. The molecule has 0 bridgehead atoms. The van der Waals surface area contributed by atoms with Gasteiger partial charge in [0, 0.05) is 6.42 Å². The molecule has 0 aromatic heterocycles. The molecule has 27 heavy (non-hydrogen) atoms. The average molecular weight is 381 g/mol. The fourth-order valence-electron chi connectivity index (χ4n) is 4.93. The predicted molar refractivity (Wildman–Crippen MR) is 103 cm³/mol. The van der Waals surface area contributed by atoms with Crippen LogP contribution >= 0.6 is 0 Å². The SMILES string of the molecule is CCCCCCCCC1C(CCCCCCCC(=O)O)C2C(=O)OC(=O)C12. The molecule has 1 saturated carbocycles. The minimum absolute atomic E-state index is 0.172. The molecule has 1 saturated heterocycles. The number of fused-ring (bicyclic) bond motifs is 1. The Bertz CT molecular complexity index is 501. The normalized spacial score (nSPS) is 26.6. The molecule has 5 nitrogen and oxygen atoms in total. The summed E-state index contributed by atoms with van der Waals surface area (Å²) in [5, 5.41) is 8.65. The molecule has 0 aromatic rings. The fraction of sp³-hybridized carbons (Fsp3) is 0.864. The van der Waals surface area contributed by atoms with Crippen LogP contribution < -0.4 is 0 Å². The van der Waals surface area contributed by atoms with Gasteiger partial charge < -0.3 is 9.84 Å². The lowest BCUT2D eigenvalue weighted by molar-refractivity contribution is -0.153. The highest BCUT2D eigenvalue weighted by molar-refractivity contribution is 5.98. The average Bonchev–Trinajstić information content (AvgIpc) is 2.86. The van der Waals surface area contributed by atoms with Gasteiger partial charge in [0.2, 0.25) is 0 Å². The Morgan fingerprint density at radius 1 is 0.778 bits per heavy atom. The highest BCUT2D eigenvalue weighted by atomic mass is 16.6. The van der Waals surface area contributed by atoms with Gasteiger partial charge >= 0.3 is 17.9 Å². The monoisotopic (exact) mass is 380 g/mol. The third kappa shape index (κ3) is 6.32. The Morgan fingerprint density at radius 2 is 1.22 bits per heavy atom. The van der Waals surface area contributed by atoms with Gasteiger partial charge in [-0.05, 0) is 31.1 Å². The Morgan fingerprint density at radius 3 is 1.70 bits per heavy atom. The molecule has 1 heterocycles. The van der Waals surface area contributed by atoms with E-state index in [0.29, 0.717) is 11.8 Å². The number of hydrogen-bond donors (Lipinski definition) is 1. The van der Waals surface area contributed by atoms with Crippen molar-refractivity contribution in [2.24, 2.45) is 23.7 Å². The number of carboxylic acids is 1. The summed E-state index contributed by atoms with van der Waals surface area (Å²) in [4.78, 5) is 34.5. The van der Waals surface area contributed by atoms with Gasteiger partial charge in [0.25, 0.3) is 0 Å². The molecule has 1 N–H and O–H groups in total. The van der Waals surface area contributed by atoms with E-state index in [1.807, 2.05) is 0 Å². The molecule has 0 aromatic carbocycles. The highest BCUT2D eigenvalue weighted by Crippen LogP contribution is 2.55. The summed E-state index contributed by atoms with van der Waals surface area (Å²) in [6, 6.07) is 0. The first-order valence-electron chi connectivity index (χ1n) is 11.0. The van der Waals surface area contributed by atoms with E-state index >= 15 is 0 Å². The van der Waals surface area contributed by atoms with Crippen molar-refractivity contribution in [2.75, 3.05) is 0 Å². The first-order chi connectivity index (χ1) is 13.1. The second kappa shape index (κ2) is 11.5. The number of ether oxygens (including phenoxy) is 1. The summed E-state index contributed by atoms with van der Waals surface area (Å²) >= 11 is 0. The van der Waals surface area contributed by atoms with Crippen molar-refractivity contribution in [1.29, 1.82) is 0 Å². The standard InChI is InChI=1S/C22H36O5/c1-2-3-4-5-7-10-13-16-17(20-19(16)21(25)27-22(20)26)14-11-8-6-9-12-15-18(23)24/h16-17,19-20H,2-15H2,1H3,(H,23,24). The van der Waals surface area contributed by atoms with E-state index < -0.39 is 5.97 Å². The first kappa shape index (κ1) is 21.9. The molecule has 5 heteroatoms. The maximum atomic E-state index is 12.0. The molecule has 2 rings (SSSR count). The number of cyclic esters (lactones) is 2. The highest BCUT2D eigenvalue weighted by Gasteiger charge is 2.62. The lowest BCUT2D eigenvalue weighted by Gasteiger charge is -2.45. The maximum absolute atomic E-state index is 12.0. The van der Waals surface area contributed by atoms with Gasteiger partial charge in [0.15, 0.2) is 0 Å². The summed E-state index contributed by atoms with van der Waals surface area (Å²) in [6.07, 6.45) is 14.6. The molecule has 154 valence electrons. The first-order valence-corrected chi connectivity index (χ1v) is 11.0. The number of aliphatic carboxylic acids is 1. The molecule has 2 fully saturated rings. The summed E-state index contributed by atoms with van der Waals surface area (Å²) in [7, 11) is 0. The lowest BCUT2D eigenvalue weighted by atomic mass is 9.55. The van der Waals surface area contributed by atoms with Crippen LogP contribution in [0.2, 0.25) is 0 Å². The molecule has 0 amide bonds. The van der Waals surface area contributed by atoms with Crippen molar-refractivity contribution in [2.45, 2.75) is 96.8 Å². The van der Waals surface area contributed by atoms with Crippen LogP contribution in [0.1, 0.15) is 96.8 Å². The summed E-state index contributed by atoms with van der Waals surface area (Å²) in [5.74, 6) is -1.03. The zero-order chi connectivity index (χ0) is 19.6. The quantitative estimate of drug-likeness (QED) is 0.242. The van der Waals surface area contributed by atoms with Crippen LogP contribution in [-0.4, -0.2) is 23.0 Å². The topological polar surface area (TPSA) is 80.7 Å². The van der Waals surface area contributed by atoms with E-state index in [2.05, 4.69) is 6.92 Å². The minimum Gasteiger partial charge on any atom is -0.481 e. The number of carbonyl (C=O) groups is 3. The molecule has 1 aliphatic carbocycles. The van der Waals surface area contributed by atoms with E-state index in [-0.39, 0.29) is 30.2 Å². The van der Waals surface area contributed by atoms with Crippen LogP contribution in [0.15, 0.2) is 0 Å². The number of unbranched alkanes of at least 4 members (excludes halogenated alkanes) is 9. The predicted octanol–water partition coefficient (Wildman–Crippen LogP) is 5.11. The zero-order valence-electron chi connectivity index (χ0n) is 16.8. The van der Waals surface area contributed by atoms with Crippen molar-refractivity contribution in [3.05, 3.63) is 0 Å². The molecule has 0 spiro atoms. The molecular weight excluding hydrogens is 344 g/mol. The molecule has 4 unspecified atom stereocenters. The maximum Gasteiger partial charge on any atom is 0.317 e. The Labute approximate surface area is 163 Å². The van der Waals surface area contributed by atoms with E-state index in [9.17, 15) is 14.4 Å². The van der Waals surface area contributed by atoms with Crippen LogP contribution in [-0.2, 0) is 19.1 Å². The van der Waals surface area contributed by atoms with Gasteiger partial charge in [0.05, 0.1) is 11.8 Å². The Kier molecular flexibility index (Phi) is 9.29. The Hall–Kier alpha value is -1.39. The number of carboxylic acid groups (broad SMARTS) is 1. The minimum atomic E-state index is -0.725. The van der Waals surface area contributed by atoms with Crippen molar-refractivity contribution in [3.63, 3.8) is 0 Å². The summed E-state index contributed by atoms with van der Waals surface area (Å²) in [5.41, 5.74) is 0. The van der Waals surface area contributed by atoms with Gasteiger partial charge in [-0.25, -0.2) is 0 Å². The second-order valence-electron chi connectivity index (χ2n) is 8.38. The lowest BCUT2D eigenvalue weighted by Crippen LogP contribution is -2.48. The zero-order valence-corrected chi connectivity index (χ0v) is 16.8. The molecular formula is C22H36O5. The molecule has 2 aliphatic rings. The van der Waals surface area contributed by atoms with Gasteiger partial charge in [0.1, 0.15) is 0 Å². The summed E-state index contributed by atoms with van der Waals surface area (Å²) < 4.78 is 4.92. The number of carbonyl (C=O) groups excluding carboxylic acids is 2.